The molecule has 1 aromatic heterocycles. The number of carbonyl (C=O) groups is 1. The molecule has 0 spiro atoms. The Labute approximate surface area is 182 Å². The third-order valence-corrected chi connectivity index (χ3v) is 7.34. The Bertz CT molecular complexity index is 1060. The summed E-state index contributed by atoms with van der Waals surface area (Å²) in [5.41, 5.74) is 3.42. The van der Waals surface area contributed by atoms with E-state index >= 15 is 0 Å². The van der Waals surface area contributed by atoms with Crippen molar-refractivity contribution in [2.45, 2.75) is 52.2 Å². The van der Waals surface area contributed by atoms with Crippen LogP contribution >= 0.6 is 11.6 Å². The third-order valence-electron chi connectivity index (χ3n) is 5.21. The number of hydrogen-bond donors (Lipinski definition) is 0. The van der Waals surface area contributed by atoms with Crippen molar-refractivity contribution in [2.24, 2.45) is 0 Å². The summed E-state index contributed by atoms with van der Waals surface area (Å²) in [5.74, 6) is -0.310. The zero-order chi connectivity index (χ0) is 22.1. The maximum atomic E-state index is 12.1. The molecule has 30 heavy (non-hydrogen) atoms. The fourth-order valence-electron chi connectivity index (χ4n) is 3.39. The van der Waals surface area contributed by atoms with Crippen LogP contribution < -0.4 is 0 Å². The van der Waals surface area contributed by atoms with E-state index in [0.717, 1.165) is 5.56 Å². The van der Waals surface area contributed by atoms with Gasteiger partial charge in [-0.2, -0.15) is 5.10 Å². The zero-order valence-electron chi connectivity index (χ0n) is 17.7. The van der Waals surface area contributed by atoms with Crippen molar-refractivity contribution in [3.63, 3.8) is 0 Å². The van der Waals surface area contributed by atoms with Crippen molar-refractivity contribution in [3.05, 3.63) is 57.9 Å². The van der Waals surface area contributed by atoms with Gasteiger partial charge in [0.15, 0.2) is 9.84 Å². The predicted octanol–water partition coefficient (Wildman–Crippen LogP) is 4.26. The highest BCUT2D eigenvalue weighted by Crippen LogP contribution is 2.30. The van der Waals surface area contributed by atoms with Crippen molar-refractivity contribution >= 4 is 33.5 Å². The van der Waals surface area contributed by atoms with E-state index in [1.807, 2.05) is 24.3 Å². The lowest BCUT2D eigenvalue weighted by molar-refractivity contribution is -0.138. The van der Waals surface area contributed by atoms with Crippen molar-refractivity contribution in [1.29, 1.82) is 0 Å². The van der Waals surface area contributed by atoms with Gasteiger partial charge < -0.3 is 4.74 Å². The van der Waals surface area contributed by atoms with E-state index in [2.05, 4.69) is 25.9 Å². The average molecular weight is 451 g/mol. The van der Waals surface area contributed by atoms with E-state index in [4.69, 9.17) is 16.3 Å². The van der Waals surface area contributed by atoms with Gasteiger partial charge in [0.25, 0.3) is 0 Å². The third kappa shape index (κ3) is 5.32. The minimum absolute atomic E-state index is 0.0348. The Balaban J connectivity index is 1.62. The first-order valence-corrected chi connectivity index (χ1v) is 12.1. The van der Waals surface area contributed by atoms with E-state index in [9.17, 15) is 13.2 Å². The van der Waals surface area contributed by atoms with E-state index in [1.54, 1.807) is 17.7 Å². The molecule has 0 amide bonds. The van der Waals surface area contributed by atoms with Gasteiger partial charge >= 0.3 is 5.97 Å². The molecular formula is C22H27ClN2O4S. The first-order valence-electron chi connectivity index (χ1n) is 9.85. The number of nitrogens with zero attached hydrogens (tertiary/aromatic N) is 2. The predicted molar refractivity (Wildman–Crippen MR) is 118 cm³/mol. The minimum atomic E-state index is -3.05. The number of aromatic nitrogens is 2. The molecule has 1 saturated heterocycles. The van der Waals surface area contributed by atoms with Crippen LogP contribution in [0.1, 0.15) is 55.6 Å². The maximum Gasteiger partial charge on any atom is 0.331 e. The number of carbonyl (C=O) groups excluding carboxylic acids is 1. The normalized spacial score (nSPS) is 18.8. The molecule has 1 aromatic carbocycles. The highest BCUT2D eigenvalue weighted by Gasteiger charge is 2.31. The summed E-state index contributed by atoms with van der Waals surface area (Å²) in [7, 11) is -3.05. The van der Waals surface area contributed by atoms with Crippen LogP contribution in [0.15, 0.2) is 30.3 Å². The Morgan fingerprint density at radius 1 is 1.30 bits per heavy atom. The smallest absolute Gasteiger partial charge is 0.331 e. The van der Waals surface area contributed by atoms with Crippen molar-refractivity contribution < 1.29 is 17.9 Å². The average Bonchev–Trinajstić information content (AvgIpc) is 3.16. The van der Waals surface area contributed by atoms with E-state index in [1.165, 1.54) is 11.6 Å². The molecule has 2 heterocycles. The van der Waals surface area contributed by atoms with E-state index < -0.39 is 15.8 Å². The fraction of sp³-hybridized carbons (Fsp3) is 0.455. The number of rotatable bonds is 5. The second-order valence-corrected chi connectivity index (χ2v) is 11.3. The Morgan fingerprint density at radius 2 is 1.97 bits per heavy atom. The summed E-state index contributed by atoms with van der Waals surface area (Å²) in [4.78, 5) is 12.1. The Hall–Kier alpha value is -2.12. The Kier molecular flexibility index (Phi) is 6.43. The van der Waals surface area contributed by atoms with Crippen molar-refractivity contribution in [2.75, 3.05) is 11.5 Å². The summed E-state index contributed by atoms with van der Waals surface area (Å²) >= 11 is 6.41. The SMILES string of the molecule is Cc1nn([C@H]2CCS(=O)(=O)C2)c(Cl)c1/C=C/C(=O)OCc1ccc(C(C)(C)C)cc1. The van der Waals surface area contributed by atoms with Crippen LogP contribution in [0.25, 0.3) is 6.08 Å². The van der Waals surface area contributed by atoms with E-state index in [0.29, 0.717) is 22.8 Å². The lowest BCUT2D eigenvalue weighted by Gasteiger charge is -2.19. The molecule has 0 saturated carbocycles. The van der Waals surface area contributed by atoms with Crippen LogP contribution in [0.4, 0.5) is 0 Å². The van der Waals surface area contributed by atoms with Gasteiger partial charge in [0.2, 0.25) is 0 Å². The van der Waals surface area contributed by atoms with Gasteiger partial charge in [-0.25, -0.2) is 17.9 Å². The molecule has 8 heteroatoms. The quantitative estimate of drug-likeness (QED) is 0.502. The number of esters is 1. The van der Waals surface area contributed by atoms with Gasteiger partial charge in [-0.15, -0.1) is 0 Å². The van der Waals surface area contributed by atoms with Crippen LogP contribution in [0.3, 0.4) is 0 Å². The standard InChI is InChI=1S/C22H27ClN2O4S/c1-15-19(21(23)25(24-15)18-11-12-30(27,28)14-18)9-10-20(26)29-13-16-5-7-17(8-6-16)22(2,3)4/h5-10,18H,11-14H2,1-4H3/b10-9+/t18-/m0/s1. The van der Waals surface area contributed by atoms with Gasteiger partial charge in [-0.1, -0.05) is 56.6 Å². The molecule has 1 fully saturated rings. The van der Waals surface area contributed by atoms with Gasteiger partial charge in [0.05, 0.1) is 23.2 Å². The molecular weight excluding hydrogens is 424 g/mol. The molecule has 162 valence electrons. The molecule has 6 nitrogen and oxygen atoms in total. The first kappa shape index (κ1) is 22.6. The minimum Gasteiger partial charge on any atom is -0.458 e. The summed E-state index contributed by atoms with van der Waals surface area (Å²) in [6.07, 6.45) is 3.37. The molecule has 0 bridgehead atoms. The van der Waals surface area contributed by atoms with Crippen LogP contribution in [0.2, 0.25) is 5.15 Å². The van der Waals surface area contributed by atoms with Gasteiger partial charge in [0, 0.05) is 11.6 Å². The second-order valence-electron chi connectivity index (χ2n) is 8.68. The largest absolute Gasteiger partial charge is 0.458 e. The number of ether oxygens (including phenoxy) is 1. The summed E-state index contributed by atoms with van der Waals surface area (Å²) in [6, 6.07) is 7.72. The van der Waals surface area contributed by atoms with E-state index in [-0.39, 0.29) is 29.6 Å². The second kappa shape index (κ2) is 8.55. The molecule has 1 aliphatic heterocycles. The molecule has 1 atom stereocenters. The highest BCUT2D eigenvalue weighted by atomic mass is 35.5. The maximum absolute atomic E-state index is 12.1. The highest BCUT2D eigenvalue weighted by molar-refractivity contribution is 7.91. The summed E-state index contributed by atoms with van der Waals surface area (Å²) < 4.78 is 30.3. The number of hydrogen-bond acceptors (Lipinski definition) is 5. The van der Waals surface area contributed by atoms with Crippen molar-refractivity contribution in [3.8, 4) is 0 Å². The van der Waals surface area contributed by atoms with Gasteiger partial charge in [0.1, 0.15) is 11.8 Å². The molecule has 0 unspecified atom stereocenters. The number of aryl methyl sites for hydroxylation is 1. The van der Waals surface area contributed by atoms with Crippen LogP contribution in [-0.2, 0) is 31.4 Å². The van der Waals surface area contributed by atoms with Gasteiger partial charge in [-0.3, -0.25) is 0 Å². The zero-order valence-corrected chi connectivity index (χ0v) is 19.3. The van der Waals surface area contributed by atoms with Crippen LogP contribution in [0.5, 0.6) is 0 Å². The lowest BCUT2D eigenvalue weighted by atomic mass is 9.87. The lowest BCUT2D eigenvalue weighted by Crippen LogP contribution is -2.12. The molecule has 3 rings (SSSR count). The molecule has 0 radical (unpaired) electrons. The monoisotopic (exact) mass is 450 g/mol. The number of halogens is 1. The van der Waals surface area contributed by atoms with Crippen molar-refractivity contribution in [1.82, 2.24) is 9.78 Å². The Morgan fingerprint density at radius 3 is 2.53 bits per heavy atom. The molecule has 2 aromatic rings. The number of sulfone groups is 1. The topological polar surface area (TPSA) is 78.3 Å². The number of benzene rings is 1. The molecule has 1 aliphatic rings. The first-order chi connectivity index (χ1) is 14.0. The summed E-state index contributed by atoms with van der Waals surface area (Å²) in [5, 5.41) is 4.70. The fourth-order valence-corrected chi connectivity index (χ4v) is 5.45. The van der Waals surface area contributed by atoms with Gasteiger partial charge in [-0.05, 0) is 36.0 Å². The molecule has 0 N–H and O–H groups in total. The molecule has 0 aliphatic carbocycles. The van der Waals surface area contributed by atoms with Crippen LogP contribution in [-0.4, -0.2) is 35.7 Å². The summed E-state index contributed by atoms with van der Waals surface area (Å²) in [6.45, 7) is 8.39. The van der Waals surface area contributed by atoms with Crippen LogP contribution in [0, 0.1) is 6.92 Å².